The van der Waals surface area contributed by atoms with Gasteiger partial charge in [0.25, 0.3) is 0 Å². The van der Waals surface area contributed by atoms with Crippen molar-refractivity contribution < 1.29 is 5.11 Å². The summed E-state index contributed by atoms with van der Waals surface area (Å²) >= 11 is 0. The van der Waals surface area contributed by atoms with Gasteiger partial charge in [0.2, 0.25) is 0 Å². The first kappa shape index (κ1) is 15.2. The number of aliphatic hydroxyl groups is 1. The van der Waals surface area contributed by atoms with Crippen LogP contribution in [0.3, 0.4) is 0 Å². The van der Waals surface area contributed by atoms with Crippen LogP contribution < -0.4 is 0 Å². The highest BCUT2D eigenvalue weighted by atomic mass is 16.3. The predicted octanol–water partition coefficient (Wildman–Crippen LogP) is 3.26. The van der Waals surface area contributed by atoms with Gasteiger partial charge in [-0.25, -0.2) is 0 Å². The molecular formula is C16H27NO. The average molecular weight is 249 g/mol. The second-order valence-electron chi connectivity index (χ2n) is 5.61. The molecular weight excluding hydrogens is 222 g/mol. The van der Waals surface area contributed by atoms with E-state index in [-0.39, 0.29) is 6.04 Å². The molecule has 0 bridgehead atoms. The van der Waals surface area contributed by atoms with Gasteiger partial charge in [0.1, 0.15) is 0 Å². The van der Waals surface area contributed by atoms with Gasteiger partial charge in [0.05, 0.1) is 6.10 Å². The third-order valence-electron chi connectivity index (χ3n) is 3.53. The lowest BCUT2D eigenvalue weighted by Crippen LogP contribution is -2.36. The summed E-state index contributed by atoms with van der Waals surface area (Å²) in [6, 6.07) is 8.44. The summed E-state index contributed by atoms with van der Waals surface area (Å²) < 4.78 is 0. The Morgan fingerprint density at radius 2 is 1.67 bits per heavy atom. The number of aliphatic hydroxyl groups excluding tert-OH is 1. The van der Waals surface area contributed by atoms with Crippen molar-refractivity contribution in [1.29, 1.82) is 0 Å². The van der Waals surface area contributed by atoms with Crippen LogP contribution in [0, 0.1) is 5.92 Å². The molecule has 0 saturated heterocycles. The van der Waals surface area contributed by atoms with Crippen LogP contribution in [0.2, 0.25) is 0 Å². The Morgan fingerprint density at radius 3 is 2.11 bits per heavy atom. The van der Waals surface area contributed by atoms with E-state index in [1.54, 1.807) is 0 Å². The molecule has 1 aromatic rings. The zero-order chi connectivity index (χ0) is 13.7. The minimum atomic E-state index is -0.417. The zero-order valence-corrected chi connectivity index (χ0v) is 12.4. The summed E-state index contributed by atoms with van der Waals surface area (Å²) in [5.74, 6) is 0.618. The third kappa shape index (κ3) is 4.11. The molecule has 0 amide bonds. The molecule has 1 N–H and O–H groups in total. The maximum Gasteiger partial charge on any atom is 0.0942 e. The molecule has 1 rings (SSSR count). The Hall–Kier alpha value is -0.860. The van der Waals surface area contributed by atoms with Crippen molar-refractivity contribution in [1.82, 2.24) is 4.90 Å². The lowest BCUT2D eigenvalue weighted by molar-refractivity contribution is 0.0668. The van der Waals surface area contributed by atoms with Gasteiger partial charge in [-0.1, -0.05) is 45.0 Å². The minimum Gasteiger partial charge on any atom is -0.387 e. The molecule has 0 aromatic heterocycles. The number of hydrogen-bond donors (Lipinski definition) is 1. The Labute approximate surface area is 112 Å². The first-order chi connectivity index (χ1) is 8.45. The number of aryl methyl sites for hydroxylation is 1. The van der Waals surface area contributed by atoms with E-state index in [4.69, 9.17) is 0 Å². The number of likely N-dealkylation sites (N-methyl/N-ethyl adjacent to an activating group) is 1. The summed E-state index contributed by atoms with van der Waals surface area (Å²) in [7, 11) is 2.08. The molecule has 0 saturated carbocycles. The molecule has 0 spiro atoms. The normalized spacial score (nSPS) is 15.1. The van der Waals surface area contributed by atoms with Crippen LogP contribution in [0.5, 0.6) is 0 Å². The SMILES string of the molecule is CCc1ccc(C(O)C(C)N(C)CC(C)C)cc1. The van der Waals surface area contributed by atoms with Gasteiger partial charge in [-0.2, -0.15) is 0 Å². The molecule has 0 aliphatic rings. The number of rotatable bonds is 6. The van der Waals surface area contributed by atoms with Crippen LogP contribution >= 0.6 is 0 Å². The van der Waals surface area contributed by atoms with Crippen LogP contribution in [0.4, 0.5) is 0 Å². The van der Waals surface area contributed by atoms with Gasteiger partial charge < -0.3 is 10.0 Å². The molecule has 0 fully saturated rings. The van der Waals surface area contributed by atoms with Gasteiger partial charge in [-0.15, -0.1) is 0 Å². The van der Waals surface area contributed by atoms with Crippen molar-refractivity contribution in [3.8, 4) is 0 Å². The molecule has 2 atom stereocenters. The highest BCUT2D eigenvalue weighted by Gasteiger charge is 2.20. The van der Waals surface area contributed by atoms with E-state index in [2.05, 4.69) is 51.8 Å². The Balaban J connectivity index is 2.69. The fourth-order valence-corrected chi connectivity index (χ4v) is 2.21. The maximum absolute atomic E-state index is 10.4. The van der Waals surface area contributed by atoms with Crippen LogP contribution in [-0.4, -0.2) is 29.6 Å². The van der Waals surface area contributed by atoms with Crippen LogP contribution in [-0.2, 0) is 6.42 Å². The summed E-state index contributed by atoms with van der Waals surface area (Å²) in [4.78, 5) is 2.23. The number of benzene rings is 1. The highest BCUT2D eigenvalue weighted by molar-refractivity contribution is 5.24. The maximum atomic E-state index is 10.4. The molecule has 2 heteroatoms. The van der Waals surface area contributed by atoms with Crippen LogP contribution in [0.15, 0.2) is 24.3 Å². The van der Waals surface area contributed by atoms with Gasteiger partial charge in [-0.3, -0.25) is 0 Å². The molecule has 2 unspecified atom stereocenters. The van der Waals surface area contributed by atoms with Crippen molar-refractivity contribution in [2.75, 3.05) is 13.6 Å². The second kappa shape index (κ2) is 6.91. The lowest BCUT2D eigenvalue weighted by atomic mass is 10.00. The quantitative estimate of drug-likeness (QED) is 0.836. The van der Waals surface area contributed by atoms with Crippen molar-refractivity contribution in [3.63, 3.8) is 0 Å². The van der Waals surface area contributed by atoms with Crippen molar-refractivity contribution in [3.05, 3.63) is 35.4 Å². The smallest absolute Gasteiger partial charge is 0.0942 e. The molecule has 1 aromatic carbocycles. The highest BCUT2D eigenvalue weighted by Crippen LogP contribution is 2.21. The van der Waals surface area contributed by atoms with Gasteiger partial charge in [0.15, 0.2) is 0 Å². The lowest BCUT2D eigenvalue weighted by Gasteiger charge is -2.30. The summed E-state index contributed by atoms with van der Waals surface area (Å²) in [5.41, 5.74) is 2.32. The van der Waals surface area contributed by atoms with E-state index >= 15 is 0 Å². The number of hydrogen-bond acceptors (Lipinski definition) is 2. The first-order valence-electron chi connectivity index (χ1n) is 6.92. The zero-order valence-electron chi connectivity index (χ0n) is 12.4. The third-order valence-corrected chi connectivity index (χ3v) is 3.53. The number of nitrogens with zero attached hydrogens (tertiary/aromatic N) is 1. The van der Waals surface area contributed by atoms with E-state index in [1.807, 2.05) is 12.1 Å². The fraction of sp³-hybridized carbons (Fsp3) is 0.625. The van der Waals surface area contributed by atoms with E-state index < -0.39 is 6.10 Å². The van der Waals surface area contributed by atoms with E-state index in [0.717, 1.165) is 18.5 Å². The largest absolute Gasteiger partial charge is 0.387 e. The van der Waals surface area contributed by atoms with E-state index in [0.29, 0.717) is 5.92 Å². The summed E-state index contributed by atoms with van der Waals surface area (Å²) in [5, 5.41) is 10.4. The molecule has 0 aliphatic carbocycles. The topological polar surface area (TPSA) is 23.5 Å². The second-order valence-corrected chi connectivity index (χ2v) is 5.61. The Bertz CT molecular complexity index is 345. The molecule has 2 nitrogen and oxygen atoms in total. The van der Waals surface area contributed by atoms with Crippen LogP contribution in [0.25, 0.3) is 0 Å². The van der Waals surface area contributed by atoms with Crippen LogP contribution in [0.1, 0.15) is 44.9 Å². The Morgan fingerprint density at radius 1 is 1.11 bits per heavy atom. The monoisotopic (exact) mass is 249 g/mol. The Kier molecular flexibility index (Phi) is 5.83. The minimum absolute atomic E-state index is 0.139. The molecule has 0 radical (unpaired) electrons. The van der Waals surface area contributed by atoms with Gasteiger partial charge >= 0.3 is 0 Å². The van der Waals surface area contributed by atoms with E-state index in [9.17, 15) is 5.11 Å². The van der Waals surface area contributed by atoms with Gasteiger partial charge in [0, 0.05) is 12.6 Å². The average Bonchev–Trinajstić information content (AvgIpc) is 2.36. The standard InChI is InChI=1S/C16H27NO/c1-6-14-7-9-15(10-8-14)16(18)13(4)17(5)11-12(2)3/h7-10,12-13,16,18H,6,11H2,1-5H3. The van der Waals surface area contributed by atoms with Crippen molar-refractivity contribution in [2.45, 2.75) is 46.3 Å². The molecule has 0 aliphatic heterocycles. The fourth-order valence-electron chi connectivity index (χ4n) is 2.21. The molecule has 18 heavy (non-hydrogen) atoms. The molecule has 102 valence electrons. The predicted molar refractivity (Wildman–Crippen MR) is 77.7 cm³/mol. The first-order valence-corrected chi connectivity index (χ1v) is 6.92. The summed E-state index contributed by atoms with van der Waals surface area (Å²) in [6.07, 6.45) is 0.624. The van der Waals surface area contributed by atoms with Crippen molar-refractivity contribution >= 4 is 0 Å². The van der Waals surface area contributed by atoms with Crippen molar-refractivity contribution in [2.24, 2.45) is 5.92 Å². The summed E-state index contributed by atoms with van der Waals surface area (Å²) in [6.45, 7) is 9.63. The van der Waals surface area contributed by atoms with E-state index in [1.165, 1.54) is 5.56 Å². The van der Waals surface area contributed by atoms with Gasteiger partial charge in [-0.05, 0) is 37.4 Å². The molecule has 0 heterocycles.